The van der Waals surface area contributed by atoms with E-state index in [-0.39, 0.29) is 4.90 Å². The van der Waals surface area contributed by atoms with Gasteiger partial charge in [-0.05, 0) is 23.9 Å². The molecule has 3 nitrogen and oxygen atoms in total. The summed E-state index contributed by atoms with van der Waals surface area (Å²) >= 11 is -2.60. The molecule has 1 aromatic rings. The molecule has 0 saturated carbocycles. The highest BCUT2D eigenvalue weighted by molar-refractivity contribution is 7.87. The van der Waals surface area contributed by atoms with E-state index in [0.717, 1.165) is 5.56 Å². The summed E-state index contributed by atoms with van der Waals surface area (Å²) in [6, 6.07) is 4.98. The molecule has 17 heavy (non-hydrogen) atoms. The summed E-state index contributed by atoms with van der Waals surface area (Å²) in [5, 5.41) is 0. The van der Waals surface area contributed by atoms with Gasteiger partial charge >= 0.3 is 11.7 Å². The van der Waals surface area contributed by atoms with E-state index in [0.29, 0.717) is 11.8 Å². The molecule has 0 aliphatic heterocycles. The van der Waals surface area contributed by atoms with Crippen LogP contribution in [0, 0.1) is 13.8 Å². The summed E-state index contributed by atoms with van der Waals surface area (Å²) < 4.78 is 56.1. The van der Waals surface area contributed by atoms with Gasteiger partial charge in [-0.1, -0.05) is 16.5 Å². The SMILES string of the molecule is CS(=O)(=O)OF.Cc1cccc([S+](F)F)c1C. The first-order valence-electron chi connectivity index (χ1n) is 4.32. The Bertz CT molecular complexity index is 461. The quantitative estimate of drug-likeness (QED) is 0.786. The van der Waals surface area contributed by atoms with E-state index < -0.39 is 21.8 Å². The van der Waals surface area contributed by atoms with Crippen LogP contribution < -0.4 is 0 Å². The van der Waals surface area contributed by atoms with E-state index in [4.69, 9.17) is 0 Å². The van der Waals surface area contributed by atoms with Crippen LogP contribution in [-0.2, 0) is 26.2 Å². The van der Waals surface area contributed by atoms with Crippen molar-refractivity contribution in [2.45, 2.75) is 18.7 Å². The number of hydrogen-bond acceptors (Lipinski definition) is 3. The molecule has 0 radical (unpaired) electrons. The average molecular weight is 289 g/mol. The van der Waals surface area contributed by atoms with Crippen molar-refractivity contribution in [2.24, 2.45) is 0 Å². The molecule has 0 bridgehead atoms. The van der Waals surface area contributed by atoms with Gasteiger partial charge in [-0.25, -0.2) is 0 Å². The molecule has 0 atom stereocenters. The van der Waals surface area contributed by atoms with E-state index in [9.17, 15) is 20.7 Å². The molecule has 98 valence electrons. The first-order chi connectivity index (χ1) is 7.69. The van der Waals surface area contributed by atoms with E-state index in [1.807, 2.05) is 13.0 Å². The third-order valence-corrected chi connectivity index (χ3v) is 2.84. The topological polar surface area (TPSA) is 43.4 Å². The van der Waals surface area contributed by atoms with Crippen molar-refractivity contribution in [1.29, 1.82) is 0 Å². The number of halogens is 3. The van der Waals surface area contributed by atoms with Gasteiger partial charge in [0.05, 0.1) is 14.0 Å². The van der Waals surface area contributed by atoms with Crippen molar-refractivity contribution in [3.63, 3.8) is 0 Å². The van der Waals surface area contributed by atoms with Crippen LogP contribution in [0.15, 0.2) is 23.1 Å². The van der Waals surface area contributed by atoms with Gasteiger partial charge in [-0.3, -0.25) is 0 Å². The molecule has 0 saturated heterocycles. The van der Waals surface area contributed by atoms with Crippen molar-refractivity contribution >= 4 is 21.8 Å². The molecule has 1 rings (SSSR count). The second-order valence-corrected chi connectivity index (χ2v) is 5.58. The fraction of sp³-hybridized carbons (Fsp3) is 0.333. The lowest BCUT2D eigenvalue weighted by molar-refractivity contribution is 0.00420. The van der Waals surface area contributed by atoms with E-state index in [2.05, 4.69) is 4.39 Å². The lowest BCUT2D eigenvalue weighted by Gasteiger charge is -1.96. The molecule has 1 aromatic carbocycles. The maximum absolute atomic E-state index is 12.2. The molecule has 0 amide bonds. The second kappa shape index (κ2) is 6.87. The monoisotopic (exact) mass is 289 g/mol. The second-order valence-electron chi connectivity index (χ2n) is 3.18. The van der Waals surface area contributed by atoms with E-state index >= 15 is 0 Å². The Morgan fingerprint density at radius 1 is 1.24 bits per heavy atom. The third kappa shape index (κ3) is 6.54. The van der Waals surface area contributed by atoms with Gasteiger partial charge in [-0.15, -0.1) is 0 Å². The Labute approximate surface area is 102 Å². The standard InChI is InChI=1S/C8H9F2S.CH3FO3S/c1-6-4-3-5-8(7(6)2)11(9)10;1-6(3,4)5-2/h3-5H,1-2H3;1H3/q+1;. The van der Waals surface area contributed by atoms with Crippen LogP contribution in [0.1, 0.15) is 11.1 Å². The molecule has 0 aromatic heterocycles. The summed E-state index contributed by atoms with van der Waals surface area (Å²) in [7, 11) is -3.83. The summed E-state index contributed by atoms with van der Waals surface area (Å²) in [5.74, 6) is 0. The predicted molar refractivity (Wildman–Crippen MR) is 60.8 cm³/mol. The molecule has 0 fully saturated rings. The highest BCUT2D eigenvalue weighted by Crippen LogP contribution is 2.22. The van der Waals surface area contributed by atoms with Crippen LogP contribution in [-0.4, -0.2) is 14.7 Å². The largest absolute Gasteiger partial charge is 0.463 e. The van der Waals surface area contributed by atoms with Gasteiger partial charge in [0.15, 0.2) is 0 Å². The Morgan fingerprint density at radius 2 is 1.71 bits per heavy atom. The van der Waals surface area contributed by atoms with Gasteiger partial charge in [0, 0.05) is 11.6 Å². The van der Waals surface area contributed by atoms with Gasteiger partial charge in [0.1, 0.15) is 0 Å². The van der Waals surface area contributed by atoms with Crippen LogP contribution >= 0.6 is 0 Å². The first-order valence-corrected chi connectivity index (χ1v) is 7.16. The van der Waals surface area contributed by atoms with Crippen molar-refractivity contribution in [1.82, 2.24) is 0 Å². The zero-order chi connectivity index (χ0) is 13.6. The smallest absolute Gasteiger partial charge is 0.197 e. The lowest BCUT2D eigenvalue weighted by Crippen LogP contribution is -1.92. The Hall–Kier alpha value is -0.730. The van der Waals surface area contributed by atoms with Crippen molar-refractivity contribution < 1.29 is 25.1 Å². The zero-order valence-corrected chi connectivity index (χ0v) is 11.0. The van der Waals surface area contributed by atoms with Gasteiger partial charge in [-0.2, -0.15) is 8.42 Å². The van der Waals surface area contributed by atoms with Crippen molar-refractivity contribution in [2.75, 3.05) is 6.26 Å². The number of hydrogen-bond donors (Lipinski definition) is 0. The summed E-state index contributed by atoms with van der Waals surface area (Å²) in [6.45, 7) is 3.57. The Morgan fingerprint density at radius 3 is 2.00 bits per heavy atom. The van der Waals surface area contributed by atoms with Crippen LogP contribution in [0.2, 0.25) is 0 Å². The minimum atomic E-state index is -3.83. The average Bonchev–Trinajstić information content (AvgIpc) is 2.21. The van der Waals surface area contributed by atoms with E-state index in [1.165, 1.54) is 6.07 Å². The summed E-state index contributed by atoms with van der Waals surface area (Å²) in [4.78, 5) is 0.171. The Kier molecular flexibility index (Phi) is 6.58. The number of aryl methyl sites for hydroxylation is 1. The highest BCUT2D eigenvalue weighted by atomic mass is 32.3. The molecule has 0 spiro atoms. The molecule has 0 aliphatic rings. The predicted octanol–water partition coefficient (Wildman–Crippen LogP) is 2.90. The minimum Gasteiger partial charge on any atom is -0.197 e. The molecular formula is C9H12F3O3S2+. The zero-order valence-electron chi connectivity index (χ0n) is 9.41. The Balaban J connectivity index is 0.000000366. The van der Waals surface area contributed by atoms with Crippen LogP contribution in [0.4, 0.5) is 12.3 Å². The maximum Gasteiger partial charge on any atom is 0.463 e. The molecule has 0 heterocycles. The summed E-state index contributed by atoms with van der Waals surface area (Å²) in [6.07, 6.45) is 0.618. The maximum atomic E-state index is 12.2. The number of benzene rings is 1. The third-order valence-electron chi connectivity index (χ3n) is 1.84. The minimum absolute atomic E-state index is 0.171. The molecule has 8 heteroatoms. The first kappa shape index (κ1) is 16.3. The van der Waals surface area contributed by atoms with Gasteiger partial charge in [0.2, 0.25) is 4.90 Å². The van der Waals surface area contributed by atoms with Crippen molar-refractivity contribution in [3.8, 4) is 0 Å². The molecule has 0 N–H and O–H groups in total. The fourth-order valence-corrected chi connectivity index (χ4v) is 1.47. The van der Waals surface area contributed by atoms with Gasteiger partial charge in [0.25, 0.3) is 10.1 Å². The van der Waals surface area contributed by atoms with Crippen LogP contribution in [0.25, 0.3) is 0 Å². The fourth-order valence-electron chi connectivity index (χ4n) is 0.891. The van der Waals surface area contributed by atoms with Crippen LogP contribution in [0.5, 0.6) is 0 Å². The summed E-state index contributed by atoms with van der Waals surface area (Å²) in [5.41, 5.74) is 1.64. The molecule has 0 unspecified atom stereocenters. The van der Waals surface area contributed by atoms with Crippen molar-refractivity contribution in [3.05, 3.63) is 29.3 Å². The molecule has 0 aliphatic carbocycles. The van der Waals surface area contributed by atoms with E-state index in [1.54, 1.807) is 13.0 Å². The van der Waals surface area contributed by atoms with Crippen LogP contribution in [0.3, 0.4) is 0 Å². The highest BCUT2D eigenvalue weighted by Gasteiger charge is 2.26. The number of rotatable bonds is 2. The lowest BCUT2D eigenvalue weighted by atomic mass is 10.1. The molecular weight excluding hydrogens is 277 g/mol. The van der Waals surface area contributed by atoms with Gasteiger partial charge < -0.3 is 0 Å². The normalized spacial score (nSPS) is 11.0.